The Morgan fingerprint density at radius 1 is 1.02 bits per heavy atom. The SMILES string of the molecule is COc1cc2c(cnn2COCC[Si](C)(C)C)cc1-c1nn(COCC[Si](C)(C)C)c2nc(NC(=O)[C@@H]3C[C@@H]3F)ccc12. The van der Waals surface area contributed by atoms with Crippen molar-refractivity contribution < 1.29 is 23.4 Å². The summed E-state index contributed by atoms with van der Waals surface area (Å²) in [5.74, 6) is 0.0306. The van der Waals surface area contributed by atoms with Crippen molar-refractivity contribution in [2.24, 2.45) is 5.92 Å². The summed E-state index contributed by atoms with van der Waals surface area (Å²) in [6.07, 6.45) is 0.995. The van der Waals surface area contributed by atoms with Gasteiger partial charge in [0.25, 0.3) is 0 Å². The Labute approximate surface area is 253 Å². The van der Waals surface area contributed by atoms with Gasteiger partial charge in [-0.3, -0.25) is 4.79 Å². The standard InChI is InChI=1S/C30H43FN6O4Si2/c1-39-26-16-25-20(17-32-36(25)18-40-10-12-42(2,3)4)14-23(26)28-21-8-9-27(34-30(38)22-15-24(22)31)33-29(21)37(35-28)19-41-11-13-43(5,6)7/h8-9,14,16-17,22,24H,10-13,15,18-19H2,1-7H3,(H,33,34,38)/t22-,24+/m1/s1. The summed E-state index contributed by atoms with van der Waals surface area (Å²) in [5, 5.41) is 14.0. The van der Waals surface area contributed by atoms with Gasteiger partial charge in [-0.1, -0.05) is 39.3 Å². The Morgan fingerprint density at radius 3 is 2.28 bits per heavy atom. The summed E-state index contributed by atoms with van der Waals surface area (Å²) in [4.78, 5) is 17.1. The van der Waals surface area contributed by atoms with Gasteiger partial charge >= 0.3 is 0 Å². The number of benzene rings is 1. The second-order valence-corrected chi connectivity index (χ2v) is 25.0. The average molecular weight is 627 g/mol. The molecule has 1 saturated carbocycles. The summed E-state index contributed by atoms with van der Waals surface area (Å²) in [6, 6.07) is 9.68. The van der Waals surface area contributed by atoms with E-state index in [1.165, 1.54) is 0 Å². The highest BCUT2D eigenvalue weighted by Gasteiger charge is 2.43. The molecule has 3 aromatic heterocycles. The van der Waals surface area contributed by atoms with Crippen molar-refractivity contribution in [1.29, 1.82) is 0 Å². The topological polar surface area (TPSA) is 105 Å². The van der Waals surface area contributed by atoms with E-state index >= 15 is 0 Å². The summed E-state index contributed by atoms with van der Waals surface area (Å²) in [7, 11) is -0.816. The number of nitrogens with zero attached hydrogens (tertiary/aromatic N) is 5. The van der Waals surface area contributed by atoms with Gasteiger partial charge in [0.15, 0.2) is 5.65 Å². The number of halogens is 1. The minimum Gasteiger partial charge on any atom is -0.496 e. The molecule has 1 aliphatic rings. The van der Waals surface area contributed by atoms with E-state index < -0.39 is 28.2 Å². The number of rotatable bonds is 14. The zero-order chi connectivity index (χ0) is 30.9. The van der Waals surface area contributed by atoms with E-state index in [4.69, 9.17) is 24.3 Å². The number of hydrogen-bond acceptors (Lipinski definition) is 7. The van der Waals surface area contributed by atoms with E-state index in [0.717, 1.165) is 33.9 Å². The molecule has 4 aromatic rings. The van der Waals surface area contributed by atoms with Crippen LogP contribution in [0.3, 0.4) is 0 Å². The van der Waals surface area contributed by atoms with Crippen molar-refractivity contribution in [2.45, 2.75) is 77.4 Å². The zero-order valence-corrected chi connectivity index (χ0v) is 28.2. The number of anilines is 1. The highest BCUT2D eigenvalue weighted by molar-refractivity contribution is 6.76. The molecule has 0 saturated heterocycles. The first kappa shape index (κ1) is 31.3. The number of pyridine rings is 1. The van der Waals surface area contributed by atoms with E-state index in [1.807, 2.05) is 29.1 Å². The third kappa shape index (κ3) is 7.69. The molecule has 10 nitrogen and oxygen atoms in total. The first-order valence-corrected chi connectivity index (χ1v) is 22.3. The minimum atomic E-state index is -1.27. The molecule has 0 radical (unpaired) electrons. The van der Waals surface area contributed by atoms with Crippen LogP contribution in [-0.4, -0.2) is 73.1 Å². The number of aromatic nitrogens is 5. The Balaban J connectivity index is 1.46. The van der Waals surface area contributed by atoms with Crippen molar-refractivity contribution in [3.63, 3.8) is 0 Å². The molecule has 13 heteroatoms. The van der Waals surface area contributed by atoms with E-state index in [2.05, 4.69) is 49.7 Å². The average Bonchev–Trinajstić information content (AvgIpc) is 3.39. The molecule has 43 heavy (non-hydrogen) atoms. The van der Waals surface area contributed by atoms with Gasteiger partial charge in [-0.2, -0.15) is 10.2 Å². The number of methoxy groups -OCH3 is 1. The van der Waals surface area contributed by atoms with E-state index in [1.54, 1.807) is 17.9 Å². The number of carbonyl (C=O) groups is 1. The zero-order valence-electron chi connectivity index (χ0n) is 26.2. The lowest BCUT2D eigenvalue weighted by Gasteiger charge is -2.15. The second-order valence-electron chi connectivity index (χ2n) is 13.7. The predicted molar refractivity (Wildman–Crippen MR) is 173 cm³/mol. The molecule has 3 heterocycles. The maximum Gasteiger partial charge on any atom is 0.231 e. The fraction of sp³-hybridized carbons (Fsp3) is 0.533. The summed E-state index contributed by atoms with van der Waals surface area (Å²) in [5.41, 5.74) is 2.93. The molecule has 0 unspecified atom stereocenters. The molecular formula is C30H43FN6O4Si2. The lowest BCUT2D eigenvalue weighted by molar-refractivity contribution is -0.117. The molecule has 2 atom stereocenters. The smallest absolute Gasteiger partial charge is 0.231 e. The molecule has 1 aliphatic carbocycles. The fourth-order valence-electron chi connectivity index (χ4n) is 4.69. The first-order valence-electron chi connectivity index (χ1n) is 14.8. The van der Waals surface area contributed by atoms with Gasteiger partial charge in [-0.05, 0) is 36.7 Å². The molecule has 1 amide bonds. The number of nitrogens with one attached hydrogen (secondary N) is 1. The van der Waals surface area contributed by atoms with E-state index in [0.29, 0.717) is 42.9 Å². The van der Waals surface area contributed by atoms with Gasteiger partial charge in [0.2, 0.25) is 5.91 Å². The summed E-state index contributed by atoms with van der Waals surface area (Å²) >= 11 is 0. The molecule has 232 valence electrons. The molecule has 1 fully saturated rings. The van der Waals surface area contributed by atoms with E-state index in [-0.39, 0.29) is 19.1 Å². The van der Waals surface area contributed by atoms with Gasteiger partial charge in [0.05, 0.1) is 24.7 Å². The van der Waals surface area contributed by atoms with Crippen LogP contribution in [0.2, 0.25) is 51.4 Å². The Kier molecular flexibility index (Phi) is 9.07. The van der Waals surface area contributed by atoms with Crippen LogP contribution in [0.25, 0.3) is 33.2 Å². The number of fused-ring (bicyclic) bond motifs is 2. The molecule has 0 spiro atoms. The van der Waals surface area contributed by atoms with Crippen LogP contribution in [-0.2, 0) is 27.7 Å². The van der Waals surface area contributed by atoms with Crippen LogP contribution in [0.1, 0.15) is 6.42 Å². The summed E-state index contributed by atoms with van der Waals surface area (Å²) in [6.45, 7) is 15.8. The lowest BCUT2D eigenvalue weighted by Crippen LogP contribution is -2.22. The quantitative estimate of drug-likeness (QED) is 0.128. The van der Waals surface area contributed by atoms with Crippen LogP contribution < -0.4 is 10.1 Å². The Hall–Kier alpha value is -3.14. The maximum atomic E-state index is 13.5. The van der Waals surface area contributed by atoms with Crippen molar-refractivity contribution in [3.05, 3.63) is 30.5 Å². The van der Waals surface area contributed by atoms with Crippen LogP contribution in [0.5, 0.6) is 5.75 Å². The number of alkyl halides is 1. The molecule has 0 bridgehead atoms. The second kappa shape index (κ2) is 12.5. The summed E-state index contributed by atoms with van der Waals surface area (Å²) < 4.78 is 34.9. The van der Waals surface area contributed by atoms with Gasteiger partial charge in [-0.25, -0.2) is 18.7 Å². The molecule has 5 rings (SSSR count). The van der Waals surface area contributed by atoms with Crippen molar-refractivity contribution in [1.82, 2.24) is 24.5 Å². The van der Waals surface area contributed by atoms with Gasteiger partial charge in [0, 0.05) is 51.8 Å². The van der Waals surface area contributed by atoms with Crippen LogP contribution in [0.15, 0.2) is 30.5 Å². The predicted octanol–water partition coefficient (Wildman–Crippen LogP) is 6.38. The molecule has 1 aromatic carbocycles. The van der Waals surface area contributed by atoms with Gasteiger partial charge in [-0.15, -0.1) is 0 Å². The van der Waals surface area contributed by atoms with Crippen molar-refractivity contribution >= 4 is 49.8 Å². The Morgan fingerprint density at radius 2 is 1.67 bits per heavy atom. The fourth-order valence-corrected chi connectivity index (χ4v) is 6.20. The number of hydrogen-bond donors (Lipinski definition) is 1. The lowest BCUT2D eigenvalue weighted by atomic mass is 10.1. The van der Waals surface area contributed by atoms with Crippen LogP contribution >= 0.6 is 0 Å². The highest BCUT2D eigenvalue weighted by Crippen LogP contribution is 2.38. The third-order valence-corrected chi connectivity index (χ3v) is 10.9. The number of ether oxygens (including phenoxy) is 3. The van der Waals surface area contributed by atoms with Crippen LogP contribution in [0.4, 0.5) is 10.2 Å². The number of carbonyl (C=O) groups excluding carboxylic acids is 1. The molecular weight excluding hydrogens is 584 g/mol. The van der Waals surface area contributed by atoms with Crippen molar-refractivity contribution in [3.8, 4) is 17.0 Å². The first-order chi connectivity index (χ1) is 20.3. The largest absolute Gasteiger partial charge is 0.496 e. The highest BCUT2D eigenvalue weighted by atomic mass is 28.3. The van der Waals surface area contributed by atoms with Crippen molar-refractivity contribution in [2.75, 3.05) is 25.6 Å². The molecule has 1 N–H and O–H groups in total. The minimum absolute atomic E-state index is 0.206. The monoisotopic (exact) mass is 626 g/mol. The van der Waals surface area contributed by atoms with E-state index in [9.17, 15) is 9.18 Å². The van der Waals surface area contributed by atoms with Crippen LogP contribution in [0, 0.1) is 5.92 Å². The number of amides is 1. The van der Waals surface area contributed by atoms with Gasteiger partial charge in [0.1, 0.15) is 36.9 Å². The Bertz CT molecular complexity index is 1610. The van der Waals surface area contributed by atoms with Gasteiger partial charge < -0.3 is 19.5 Å². The maximum absolute atomic E-state index is 13.5. The normalized spacial score (nSPS) is 17.1. The molecule has 0 aliphatic heterocycles. The third-order valence-electron chi connectivity index (χ3n) is 7.53.